The molecule has 0 aromatic heterocycles. The van der Waals surface area contributed by atoms with Gasteiger partial charge in [-0.15, -0.1) is 0 Å². The molecule has 2 fully saturated rings. The van der Waals surface area contributed by atoms with Crippen LogP contribution in [-0.4, -0.2) is 37.1 Å². The van der Waals surface area contributed by atoms with Gasteiger partial charge in [-0.25, -0.2) is 4.79 Å². The first kappa shape index (κ1) is 13.6. The van der Waals surface area contributed by atoms with Crippen molar-refractivity contribution >= 4 is 5.97 Å². The number of hydrogen-bond acceptors (Lipinski definition) is 3. The number of benzene rings is 1. The van der Waals surface area contributed by atoms with Crippen LogP contribution in [0.4, 0.5) is 0 Å². The lowest BCUT2D eigenvalue weighted by Crippen LogP contribution is -2.47. The molecule has 0 N–H and O–H groups in total. The van der Waals surface area contributed by atoms with E-state index in [2.05, 4.69) is 11.9 Å². The molecule has 3 nitrogen and oxygen atoms in total. The van der Waals surface area contributed by atoms with E-state index in [-0.39, 0.29) is 12.1 Å². The molecule has 0 amide bonds. The van der Waals surface area contributed by atoms with Gasteiger partial charge in [0.2, 0.25) is 0 Å². The van der Waals surface area contributed by atoms with Crippen molar-refractivity contribution in [1.82, 2.24) is 4.90 Å². The average molecular weight is 273 g/mol. The van der Waals surface area contributed by atoms with Gasteiger partial charge in [0.05, 0.1) is 5.56 Å². The zero-order valence-electron chi connectivity index (χ0n) is 12.1. The summed E-state index contributed by atoms with van der Waals surface area (Å²) in [7, 11) is 2.17. The molecule has 3 rings (SSSR count). The Kier molecular flexibility index (Phi) is 4.06. The first-order chi connectivity index (χ1) is 9.74. The monoisotopic (exact) mass is 273 g/mol. The highest BCUT2D eigenvalue weighted by Crippen LogP contribution is 2.37. The molecule has 1 heterocycles. The zero-order valence-corrected chi connectivity index (χ0v) is 12.1. The predicted octanol–water partition coefficient (Wildman–Crippen LogP) is 2.96. The number of fused-ring (bicyclic) bond motifs is 1. The molecule has 1 aliphatic carbocycles. The number of nitrogens with zero attached hydrogens (tertiary/aromatic N) is 1. The van der Waals surface area contributed by atoms with Crippen molar-refractivity contribution < 1.29 is 9.53 Å². The van der Waals surface area contributed by atoms with Gasteiger partial charge in [0, 0.05) is 12.5 Å². The summed E-state index contributed by atoms with van der Waals surface area (Å²) in [6.45, 7) is 2.25. The van der Waals surface area contributed by atoms with Gasteiger partial charge in [-0.1, -0.05) is 18.2 Å². The summed E-state index contributed by atoms with van der Waals surface area (Å²) in [5.41, 5.74) is 0.666. The average Bonchev–Trinajstić information content (AvgIpc) is 2.49. The van der Waals surface area contributed by atoms with E-state index in [4.69, 9.17) is 4.74 Å². The third kappa shape index (κ3) is 2.88. The minimum atomic E-state index is -0.163. The van der Waals surface area contributed by atoms with Crippen LogP contribution in [0.1, 0.15) is 36.0 Å². The number of hydrogen-bond donors (Lipinski definition) is 0. The second-order valence-corrected chi connectivity index (χ2v) is 6.22. The fourth-order valence-electron chi connectivity index (χ4n) is 3.70. The van der Waals surface area contributed by atoms with Gasteiger partial charge in [0.25, 0.3) is 0 Å². The Morgan fingerprint density at radius 3 is 2.80 bits per heavy atom. The number of carbonyl (C=O) groups excluding carboxylic acids is 1. The first-order valence-corrected chi connectivity index (χ1v) is 7.68. The maximum absolute atomic E-state index is 12.2. The van der Waals surface area contributed by atoms with E-state index < -0.39 is 0 Å². The van der Waals surface area contributed by atoms with Crippen molar-refractivity contribution in [3.8, 4) is 0 Å². The first-order valence-electron chi connectivity index (χ1n) is 7.68. The summed E-state index contributed by atoms with van der Waals surface area (Å²) in [5.74, 6) is 1.10. The number of piperidine rings is 1. The summed E-state index contributed by atoms with van der Waals surface area (Å²) in [5, 5.41) is 0. The van der Waals surface area contributed by atoms with Crippen molar-refractivity contribution in [2.24, 2.45) is 11.8 Å². The Hall–Kier alpha value is -1.35. The van der Waals surface area contributed by atoms with Crippen LogP contribution in [0.25, 0.3) is 0 Å². The van der Waals surface area contributed by atoms with E-state index in [1.165, 1.54) is 25.8 Å². The number of likely N-dealkylation sites (tertiary alicyclic amines) is 1. The largest absolute Gasteiger partial charge is 0.458 e. The highest BCUT2D eigenvalue weighted by molar-refractivity contribution is 5.89. The summed E-state index contributed by atoms with van der Waals surface area (Å²) >= 11 is 0. The molecular weight excluding hydrogens is 250 g/mol. The number of carbonyl (C=O) groups is 1. The molecule has 1 saturated carbocycles. The van der Waals surface area contributed by atoms with Crippen molar-refractivity contribution in [2.75, 3.05) is 20.1 Å². The second kappa shape index (κ2) is 5.96. The molecule has 1 saturated heterocycles. The topological polar surface area (TPSA) is 29.5 Å². The second-order valence-electron chi connectivity index (χ2n) is 6.22. The van der Waals surface area contributed by atoms with Crippen LogP contribution >= 0.6 is 0 Å². The summed E-state index contributed by atoms with van der Waals surface area (Å²) in [6.07, 6.45) is 4.87. The number of esters is 1. The predicted molar refractivity (Wildman–Crippen MR) is 78.6 cm³/mol. The zero-order chi connectivity index (χ0) is 13.9. The highest BCUT2D eigenvalue weighted by atomic mass is 16.5. The molecule has 1 aromatic rings. The Bertz CT molecular complexity index is 459. The van der Waals surface area contributed by atoms with Gasteiger partial charge >= 0.3 is 5.97 Å². The molecule has 108 valence electrons. The van der Waals surface area contributed by atoms with Gasteiger partial charge in [0.1, 0.15) is 6.10 Å². The van der Waals surface area contributed by atoms with Crippen LogP contribution in [0.5, 0.6) is 0 Å². The Morgan fingerprint density at radius 1 is 1.20 bits per heavy atom. The maximum Gasteiger partial charge on any atom is 0.338 e. The number of rotatable bonds is 2. The van der Waals surface area contributed by atoms with Gasteiger partial charge in [-0.2, -0.15) is 0 Å². The van der Waals surface area contributed by atoms with E-state index in [0.29, 0.717) is 11.5 Å². The van der Waals surface area contributed by atoms with Gasteiger partial charge in [-0.05, 0) is 57.3 Å². The molecular formula is C17H23NO2. The SMILES string of the molecule is CN1CC[C@@H]2CCCC(OC(=O)c3ccccc3)[C@@H]2C1. The summed E-state index contributed by atoms with van der Waals surface area (Å²) in [6, 6.07) is 9.35. The standard InChI is InChI=1S/C17H23NO2/c1-18-11-10-13-8-5-9-16(15(13)12-18)20-17(19)14-6-3-2-4-7-14/h2-4,6-7,13,15-16H,5,8-12H2,1H3/t13-,15+,16?/m0/s1. The molecule has 1 aliphatic heterocycles. The molecule has 1 unspecified atom stereocenters. The lowest BCUT2D eigenvalue weighted by molar-refractivity contribution is -0.0365. The molecule has 3 heteroatoms. The summed E-state index contributed by atoms with van der Waals surface area (Å²) in [4.78, 5) is 14.6. The van der Waals surface area contributed by atoms with Gasteiger partial charge in [-0.3, -0.25) is 0 Å². The molecule has 0 radical (unpaired) electrons. The lowest BCUT2D eigenvalue weighted by atomic mass is 9.73. The van der Waals surface area contributed by atoms with Crippen molar-refractivity contribution in [2.45, 2.75) is 31.8 Å². The van der Waals surface area contributed by atoms with Crippen molar-refractivity contribution in [3.05, 3.63) is 35.9 Å². The third-order valence-electron chi connectivity index (χ3n) is 4.82. The van der Waals surface area contributed by atoms with E-state index >= 15 is 0 Å². The van der Waals surface area contributed by atoms with Crippen LogP contribution in [0, 0.1) is 11.8 Å². The van der Waals surface area contributed by atoms with E-state index in [0.717, 1.165) is 18.9 Å². The quantitative estimate of drug-likeness (QED) is 0.776. The normalized spacial score (nSPS) is 30.6. The smallest absolute Gasteiger partial charge is 0.338 e. The fraction of sp³-hybridized carbons (Fsp3) is 0.588. The Morgan fingerprint density at radius 2 is 2.00 bits per heavy atom. The van der Waals surface area contributed by atoms with Crippen LogP contribution in [0.3, 0.4) is 0 Å². The fourth-order valence-corrected chi connectivity index (χ4v) is 3.70. The molecule has 20 heavy (non-hydrogen) atoms. The Labute approximate surface area is 120 Å². The Balaban J connectivity index is 1.68. The minimum absolute atomic E-state index is 0.101. The van der Waals surface area contributed by atoms with Gasteiger partial charge in [0.15, 0.2) is 0 Å². The third-order valence-corrected chi connectivity index (χ3v) is 4.82. The van der Waals surface area contributed by atoms with E-state index in [1.807, 2.05) is 30.3 Å². The van der Waals surface area contributed by atoms with Crippen LogP contribution in [0.2, 0.25) is 0 Å². The lowest BCUT2D eigenvalue weighted by Gasteiger charge is -2.43. The molecule has 0 spiro atoms. The van der Waals surface area contributed by atoms with Crippen LogP contribution < -0.4 is 0 Å². The van der Waals surface area contributed by atoms with E-state index in [1.54, 1.807) is 0 Å². The highest BCUT2D eigenvalue weighted by Gasteiger charge is 2.38. The van der Waals surface area contributed by atoms with Crippen molar-refractivity contribution in [1.29, 1.82) is 0 Å². The molecule has 2 aliphatic rings. The van der Waals surface area contributed by atoms with Gasteiger partial charge < -0.3 is 9.64 Å². The molecule has 3 atom stereocenters. The number of ether oxygens (including phenoxy) is 1. The van der Waals surface area contributed by atoms with Crippen molar-refractivity contribution in [3.63, 3.8) is 0 Å². The molecule has 1 aromatic carbocycles. The summed E-state index contributed by atoms with van der Waals surface area (Å²) < 4.78 is 5.83. The van der Waals surface area contributed by atoms with E-state index in [9.17, 15) is 4.79 Å². The van der Waals surface area contributed by atoms with Crippen LogP contribution in [0.15, 0.2) is 30.3 Å². The molecule has 0 bridgehead atoms. The maximum atomic E-state index is 12.2. The minimum Gasteiger partial charge on any atom is -0.458 e. The van der Waals surface area contributed by atoms with Crippen LogP contribution in [-0.2, 0) is 4.74 Å².